The topological polar surface area (TPSA) is 68.6 Å². The van der Waals surface area contributed by atoms with E-state index in [1.807, 2.05) is 118 Å². The summed E-state index contributed by atoms with van der Waals surface area (Å²) in [6.45, 7) is 3.64. The summed E-state index contributed by atoms with van der Waals surface area (Å²) in [7, 11) is 3.93. The number of anilines is 3. The van der Waals surface area contributed by atoms with Gasteiger partial charge in [0.2, 0.25) is 0 Å². The molecule has 0 fully saturated rings. The van der Waals surface area contributed by atoms with E-state index in [4.69, 9.17) is 5.10 Å². The molecule has 2 amide bonds. The third kappa shape index (κ3) is 3.43. The molecule has 5 rings (SSSR count). The summed E-state index contributed by atoms with van der Waals surface area (Å²) >= 11 is 0. The normalized spacial score (nSPS) is 21.9. The van der Waals surface area contributed by atoms with Crippen molar-refractivity contribution < 1.29 is 9.59 Å². The van der Waals surface area contributed by atoms with E-state index in [0.29, 0.717) is 22.8 Å². The molecule has 7 nitrogen and oxygen atoms in total. The van der Waals surface area contributed by atoms with Crippen molar-refractivity contribution >= 4 is 40.3 Å². The molecule has 0 N–H and O–H groups in total. The Hall–Kier alpha value is -4.26. The number of nitrogens with zero attached hydrogens (tertiary/aromatic N) is 5. The number of rotatable bonds is 5. The van der Waals surface area contributed by atoms with Gasteiger partial charge < -0.3 is 4.90 Å². The van der Waals surface area contributed by atoms with Crippen LogP contribution in [-0.4, -0.2) is 37.3 Å². The zero-order valence-electron chi connectivity index (χ0n) is 20.2. The summed E-state index contributed by atoms with van der Waals surface area (Å²) < 4.78 is 0. The number of hydrazone groups is 2. The molecule has 0 aliphatic carbocycles. The second-order valence-electron chi connectivity index (χ2n) is 9.05. The SMILES string of the molecule is CC1=NN(c2ccccc2)C(=O)C1C1(c2ccc(N(C)C)cc2)C(=O)N(c2ccccc2)N=C1C. The second-order valence-corrected chi connectivity index (χ2v) is 9.05. The minimum Gasteiger partial charge on any atom is -0.378 e. The molecule has 2 atom stereocenters. The molecule has 3 aromatic carbocycles. The van der Waals surface area contributed by atoms with Crippen LogP contribution in [0.3, 0.4) is 0 Å². The number of carbonyl (C=O) groups is 2. The van der Waals surface area contributed by atoms with Crippen LogP contribution in [0, 0.1) is 5.92 Å². The molecule has 2 heterocycles. The van der Waals surface area contributed by atoms with Crippen LogP contribution in [-0.2, 0) is 15.0 Å². The zero-order valence-corrected chi connectivity index (χ0v) is 20.2. The number of benzene rings is 3. The van der Waals surface area contributed by atoms with Gasteiger partial charge in [0.15, 0.2) is 0 Å². The van der Waals surface area contributed by atoms with Gasteiger partial charge in [0.25, 0.3) is 11.8 Å². The van der Waals surface area contributed by atoms with Crippen molar-refractivity contribution in [2.75, 3.05) is 29.0 Å². The Morgan fingerprint density at radius 2 is 1.29 bits per heavy atom. The Morgan fingerprint density at radius 3 is 1.83 bits per heavy atom. The van der Waals surface area contributed by atoms with Crippen molar-refractivity contribution in [2.45, 2.75) is 19.3 Å². The number of hydrogen-bond acceptors (Lipinski definition) is 5. The standard InChI is InChI=1S/C28H27N5O2/c1-19-25(26(34)32(29-19)23-11-7-5-8-12-23)28(21-15-17-22(18-16-21)31(3)4)20(2)30-33(27(28)35)24-13-9-6-10-14-24/h5-18,25H,1-4H3. The van der Waals surface area contributed by atoms with E-state index in [-0.39, 0.29) is 11.8 Å². The van der Waals surface area contributed by atoms with Gasteiger partial charge >= 0.3 is 0 Å². The first-order valence-electron chi connectivity index (χ1n) is 11.5. The average molecular weight is 466 g/mol. The van der Waals surface area contributed by atoms with Gasteiger partial charge in [-0.25, -0.2) is 5.01 Å². The first kappa shape index (κ1) is 22.5. The summed E-state index contributed by atoms with van der Waals surface area (Å²) in [5.41, 5.74) is 2.86. The monoisotopic (exact) mass is 465 g/mol. The Morgan fingerprint density at radius 1 is 0.743 bits per heavy atom. The van der Waals surface area contributed by atoms with Crippen molar-refractivity contribution in [3.05, 3.63) is 90.5 Å². The lowest BCUT2D eigenvalue weighted by Gasteiger charge is -2.34. The molecule has 35 heavy (non-hydrogen) atoms. The van der Waals surface area contributed by atoms with Crippen LogP contribution in [0.25, 0.3) is 0 Å². The first-order chi connectivity index (χ1) is 16.9. The smallest absolute Gasteiger partial charge is 0.265 e. The van der Waals surface area contributed by atoms with E-state index >= 15 is 0 Å². The Balaban J connectivity index is 1.67. The lowest BCUT2D eigenvalue weighted by atomic mass is 9.65. The van der Waals surface area contributed by atoms with Crippen molar-refractivity contribution in [2.24, 2.45) is 16.1 Å². The molecule has 176 valence electrons. The maximum Gasteiger partial charge on any atom is 0.265 e. The van der Waals surface area contributed by atoms with Gasteiger partial charge in [-0.15, -0.1) is 0 Å². The van der Waals surface area contributed by atoms with Gasteiger partial charge in [-0.05, 0) is 55.8 Å². The van der Waals surface area contributed by atoms with Crippen molar-refractivity contribution in [3.63, 3.8) is 0 Å². The van der Waals surface area contributed by atoms with E-state index in [1.54, 1.807) is 0 Å². The van der Waals surface area contributed by atoms with Gasteiger partial charge in [0, 0.05) is 19.8 Å². The van der Waals surface area contributed by atoms with E-state index in [0.717, 1.165) is 11.3 Å². The number of para-hydroxylation sites is 2. The highest BCUT2D eigenvalue weighted by Crippen LogP contribution is 2.46. The third-order valence-electron chi connectivity index (χ3n) is 6.76. The first-order valence-corrected chi connectivity index (χ1v) is 11.5. The van der Waals surface area contributed by atoms with Crippen LogP contribution in [0.5, 0.6) is 0 Å². The highest BCUT2D eigenvalue weighted by Gasteiger charge is 2.61. The maximum atomic E-state index is 14.4. The predicted molar refractivity (Wildman–Crippen MR) is 140 cm³/mol. The molecule has 2 unspecified atom stereocenters. The summed E-state index contributed by atoms with van der Waals surface area (Å²) in [6, 6.07) is 26.4. The molecule has 0 spiro atoms. The number of amides is 2. The Labute approximate surface area is 205 Å². The molecular weight excluding hydrogens is 438 g/mol. The Kier molecular flexibility index (Phi) is 5.47. The third-order valence-corrected chi connectivity index (χ3v) is 6.76. The average Bonchev–Trinajstić information content (AvgIpc) is 3.32. The van der Waals surface area contributed by atoms with Gasteiger partial charge in [-0.2, -0.15) is 15.2 Å². The van der Waals surface area contributed by atoms with Crippen molar-refractivity contribution in [3.8, 4) is 0 Å². The van der Waals surface area contributed by atoms with E-state index in [2.05, 4.69) is 5.10 Å². The fourth-order valence-corrected chi connectivity index (χ4v) is 5.01. The molecule has 7 heteroatoms. The summed E-state index contributed by atoms with van der Waals surface area (Å²) in [5, 5.41) is 12.1. The molecule has 2 aliphatic rings. The van der Waals surface area contributed by atoms with Gasteiger partial charge in [0.1, 0.15) is 11.3 Å². The summed E-state index contributed by atoms with van der Waals surface area (Å²) in [5.74, 6) is -1.33. The van der Waals surface area contributed by atoms with E-state index in [9.17, 15) is 9.59 Å². The van der Waals surface area contributed by atoms with Crippen molar-refractivity contribution in [1.29, 1.82) is 0 Å². The molecule has 2 aliphatic heterocycles. The summed E-state index contributed by atoms with van der Waals surface area (Å²) in [6.07, 6.45) is 0. The van der Waals surface area contributed by atoms with Crippen LogP contribution >= 0.6 is 0 Å². The van der Waals surface area contributed by atoms with Crippen LogP contribution in [0.15, 0.2) is 95.1 Å². The summed E-state index contributed by atoms with van der Waals surface area (Å²) in [4.78, 5) is 30.3. The molecule has 0 radical (unpaired) electrons. The molecule has 3 aromatic rings. The van der Waals surface area contributed by atoms with Crippen LogP contribution in [0.4, 0.5) is 17.1 Å². The highest BCUT2D eigenvalue weighted by molar-refractivity contribution is 6.31. The fourth-order valence-electron chi connectivity index (χ4n) is 5.01. The minimum absolute atomic E-state index is 0.247. The minimum atomic E-state index is -1.31. The van der Waals surface area contributed by atoms with Crippen LogP contribution in [0.2, 0.25) is 0 Å². The van der Waals surface area contributed by atoms with E-state index in [1.165, 1.54) is 10.0 Å². The highest BCUT2D eigenvalue weighted by atomic mass is 16.2. The molecule has 0 aromatic heterocycles. The predicted octanol–water partition coefficient (Wildman–Crippen LogP) is 4.45. The molecular formula is C28H27N5O2. The Bertz CT molecular complexity index is 1330. The lowest BCUT2D eigenvalue weighted by molar-refractivity contribution is -0.128. The molecule has 0 saturated heterocycles. The van der Waals surface area contributed by atoms with Crippen LogP contribution < -0.4 is 14.9 Å². The van der Waals surface area contributed by atoms with Gasteiger partial charge in [0.05, 0.1) is 22.8 Å². The fraction of sp³-hybridized carbons (Fsp3) is 0.214. The van der Waals surface area contributed by atoms with E-state index < -0.39 is 11.3 Å². The molecule has 0 bridgehead atoms. The quantitative estimate of drug-likeness (QED) is 0.559. The van der Waals surface area contributed by atoms with Gasteiger partial charge in [-0.1, -0.05) is 48.5 Å². The largest absolute Gasteiger partial charge is 0.378 e. The maximum absolute atomic E-state index is 14.4. The molecule has 0 saturated carbocycles. The number of hydrogen-bond donors (Lipinski definition) is 0. The number of carbonyl (C=O) groups excluding carboxylic acids is 2. The van der Waals surface area contributed by atoms with Gasteiger partial charge in [-0.3, -0.25) is 9.59 Å². The zero-order chi connectivity index (χ0) is 24.7. The van der Waals surface area contributed by atoms with Crippen molar-refractivity contribution in [1.82, 2.24) is 0 Å². The lowest BCUT2D eigenvalue weighted by Crippen LogP contribution is -2.54. The second kappa shape index (κ2) is 8.51. The van der Waals surface area contributed by atoms with Crippen LogP contribution in [0.1, 0.15) is 19.4 Å².